The molecular formula is C15H17BrN2O2. The second kappa shape index (κ2) is 5.97. The van der Waals surface area contributed by atoms with Crippen LogP contribution in [0.15, 0.2) is 33.2 Å². The average Bonchev–Trinajstić information content (AvgIpc) is 2.91. The van der Waals surface area contributed by atoms with E-state index < -0.39 is 0 Å². The summed E-state index contributed by atoms with van der Waals surface area (Å²) < 4.78 is 6.49. The Bertz CT molecular complexity index is 617. The normalized spacial score (nSPS) is 19.1. The lowest BCUT2D eigenvalue weighted by molar-refractivity contribution is 0.0922. The number of para-hydroxylation sites is 1. The van der Waals surface area contributed by atoms with Gasteiger partial charge in [0.15, 0.2) is 5.76 Å². The Kier molecular flexibility index (Phi) is 4.08. The molecule has 1 aromatic heterocycles. The molecule has 106 valence electrons. The molecule has 1 saturated heterocycles. The topological polar surface area (TPSA) is 54.3 Å². The Morgan fingerprint density at radius 2 is 2.35 bits per heavy atom. The Morgan fingerprint density at radius 3 is 3.10 bits per heavy atom. The third-order valence-electron chi connectivity index (χ3n) is 3.64. The molecule has 1 aromatic carbocycles. The predicted molar refractivity (Wildman–Crippen MR) is 81.9 cm³/mol. The minimum absolute atomic E-state index is 0.152. The SMILES string of the molecule is O=C(NCC1CCCCN1)c1cc2cccc(Br)c2o1. The number of furan rings is 1. The summed E-state index contributed by atoms with van der Waals surface area (Å²) in [4.78, 5) is 12.1. The summed E-state index contributed by atoms with van der Waals surface area (Å²) in [7, 11) is 0. The summed E-state index contributed by atoms with van der Waals surface area (Å²) in [5.74, 6) is 0.211. The van der Waals surface area contributed by atoms with Gasteiger partial charge in [0.2, 0.25) is 0 Å². The van der Waals surface area contributed by atoms with Crippen molar-refractivity contribution in [2.45, 2.75) is 25.3 Å². The molecule has 0 aliphatic carbocycles. The molecule has 2 N–H and O–H groups in total. The zero-order valence-electron chi connectivity index (χ0n) is 11.1. The van der Waals surface area contributed by atoms with E-state index in [9.17, 15) is 4.79 Å². The van der Waals surface area contributed by atoms with Gasteiger partial charge in [-0.15, -0.1) is 0 Å². The molecule has 3 rings (SSSR count). The monoisotopic (exact) mass is 336 g/mol. The van der Waals surface area contributed by atoms with Crippen LogP contribution in [-0.4, -0.2) is 25.0 Å². The molecule has 2 heterocycles. The zero-order chi connectivity index (χ0) is 13.9. The fourth-order valence-electron chi connectivity index (χ4n) is 2.54. The lowest BCUT2D eigenvalue weighted by atomic mass is 10.1. The summed E-state index contributed by atoms with van der Waals surface area (Å²) in [6.07, 6.45) is 3.57. The van der Waals surface area contributed by atoms with Gasteiger partial charge in [-0.1, -0.05) is 18.6 Å². The van der Waals surface area contributed by atoms with Crippen LogP contribution in [0.3, 0.4) is 0 Å². The van der Waals surface area contributed by atoms with Crippen molar-refractivity contribution in [2.24, 2.45) is 0 Å². The molecule has 4 nitrogen and oxygen atoms in total. The Labute approximate surface area is 126 Å². The number of carbonyl (C=O) groups is 1. The second-order valence-corrected chi connectivity index (χ2v) is 5.98. The highest BCUT2D eigenvalue weighted by atomic mass is 79.9. The van der Waals surface area contributed by atoms with E-state index in [-0.39, 0.29) is 5.91 Å². The van der Waals surface area contributed by atoms with Crippen molar-refractivity contribution in [3.8, 4) is 0 Å². The van der Waals surface area contributed by atoms with Gasteiger partial charge in [-0.05, 0) is 47.4 Å². The van der Waals surface area contributed by atoms with Gasteiger partial charge in [-0.25, -0.2) is 0 Å². The molecule has 5 heteroatoms. The number of piperidine rings is 1. The predicted octanol–water partition coefficient (Wildman–Crippen LogP) is 3.07. The third-order valence-corrected chi connectivity index (χ3v) is 4.27. The van der Waals surface area contributed by atoms with Crippen molar-refractivity contribution in [1.82, 2.24) is 10.6 Å². The highest BCUT2D eigenvalue weighted by Crippen LogP contribution is 2.26. The first-order valence-electron chi connectivity index (χ1n) is 6.94. The minimum atomic E-state index is -0.152. The molecule has 20 heavy (non-hydrogen) atoms. The molecule has 1 unspecified atom stereocenters. The lowest BCUT2D eigenvalue weighted by Crippen LogP contribution is -2.43. The standard InChI is InChI=1S/C15H17BrN2O2/c16-12-6-3-4-10-8-13(20-14(10)12)15(19)18-9-11-5-1-2-7-17-11/h3-4,6,8,11,17H,1-2,5,7,9H2,(H,18,19). The molecule has 0 radical (unpaired) electrons. The van der Waals surface area contributed by atoms with E-state index >= 15 is 0 Å². The van der Waals surface area contributed by atoms with Crippen LogP contribution in [0.2, 0.25) is 0 Å². The van der Waals surface area contributed by atoms with Gasteiger partial charge >= 0.3 is 0 Å². The van der Waals surface area contributed by atoms with Crippen LogP contribution in [0.25, 0.3) is 11.0 Å². The number of nitrogens with one attached hydrogen (secondary N) is 2. The summed E-state index contributed by atoms with van der Waals surface area (Å²) in [6.45, 7) is 1.69. The fraction of sp³-hybridized carbons (Fsp3) is 0.400. The maximum absolute atomic E-state index is 12.1. The van der Waals surface area contributed by atoms with E-state index in [0.29, 0.717) is 23.9 Å². The molecule has 1 aliphatic rings. The lowest BCUT2D eigenvalue weighted by Gasteiger charge is -2.23. The molecule has 1 aliphatic heterocycles. The number of rotatable bonds is 3. The molecule has 0 saturated carbocycles. The molecule has 1 fully saturated rings. The van der Waals surface area contributed by atoms with Crippen molar-refractivity contribution in [1.29, 1.82) is 0 Å². The molecule has 0 bridgehead atoms. The molecule has 2 aromatic rings. The molecule has 1 atom stereocenters. The smallest absolute Gasteiger partial charge is 0.287 e. The Hall–Kier alpha value is -1.33. The van der Waals surface area contributed by atoms with Gasteiger partial charge in [0.25, 0.3) is 5.91 Å². The number of hydrogen-bond acceptors (Lipinski definition) is 3. The largest absolute Gasteiger partial charge is 0.450 e. The van der Waals surface area contributed by atoms with Crippen LogP contribution < -0.4 is 10.6 Å². The van der Waals surface area contributed by atoms with Gasteiger partial charge in [-0.3, -0.25) is 4.79 Å². The van der Waals surface area contributed by atoms with Gasteiger partial charge in [0, 0.05) is 18.0 Å². The van der Waals surface area contributed by atoms with Crippen molar-refractivity contribution in [3.05, 3.63) is 34.5 Å². The number of carbonyl (C=O) groups excluding carboxylic acids is 1. The summed E-state index contributed by atoms with van der Waals surface area (Å²) in [5, 5.41) is 7.28. The summed E-state index contributed by atoms with van der Waals surface area (Å²) in [5.41, 5.74) is 0.716. The number of fused-ring (bicyclic) bond motifs is 1. The highest BCUT2D eigenvalue weighted by Gasteiger charge is 2.17. The van der Waals surface area contributed by atoms with Crippen molar-refractivity contribution >= 4 is 32.8 Å². The van der Waals surface area contributed by atoms with Crippen LogP contribution in [-0.2, 0) is 0 Å². The van der Waals surface area contributed by atoms with E-state index in [1.54, 1.807) is 6.07 Å². The van der Waals surface area contributed by atoms with Crippen molar-refractivity contribution in [3.63, 3.8) is 0 Å². The zero-order valence-corrected chi connectivity index (χ0v) is 12.7. The Balaban J connectivity index is 1.67. The summed E-state index contributed by atoms with van der Waals surface area (Å²) in [6, 6.07) is 7.92. The maximum atomic E-state index is 12.1. The van der Waals surface area contributed by atoms with E-state index in [1.807, 2.05) is 18.2 Å². The highest BCUT2D eigenvalue weighted by molar-refractivity contribution is 9.10. The van der Waals surface area contributed by atoms with Gasteiger partial charge in [0.05, 0.1) is 4.47 Å². The Morgan fingerprint density at radius 1 is 1.45 bits per heavy atom. The fourth-order valence-corrected chi connectivity index (χ4v) is 3.00. The van der Waals surface area contributed by atoms with Crippen LogP contribution in [0.4, 0.5) is 0 Å². The first kappa shape index (κ1) is 13.6. The van der Waals surface area contributed by atoms with Crippen LogP contribution in [0.1, 0.15) is 29.8 Å². The average molecular weight is 337 g/mol. The van der Waals surface area contributed by atoms with Crippen LogP contribution >= 0.6 is 15.9 Å². The van der Waals surface area contributed by atoms with Gasteiger partial charge in [-0.2, -0.15) is 0 Å². The van der Waals surface area contributed by atoms with Crippen LogP contribution in [0, 0.1) is 0 Å². The number of amides is 1. The second-order valence-electron chi connectivity index (χ2n) is 5.13. The van der Waals surface area contributed by atoms with Gasteiger partial charge in [0.1, 0.15) is 5.58 Å². The van der Waals surface area contributed by atoms with E-state index in [0.717, 1.165) is 22.8 Å². The first-order valence-corrected chi connectivity index (χ1v) is 7.73. The van der Waals surface area contributed by atoms with Crippen LogP contribution in [0.5, 0.6) is 0 Å². The molecular weight excluding hydrogens is 320 g/mol. The maximum Gasteiger partial charge on any atom is 0.287 e. The minimum Gasteiger partial charge on any atom is -0.450 e. The van der Waals surface area contributed by atoms with E-state index in [4.69, 9.17) is 4.42 Å². The number of hydrogen-bond donors (Lipinski definition) is 2. The van der Waals surface area contributed by atoms with Crippen molar-refractivity contribution in [2.75, 3.05) is 13.1 Å². The van der Waals surface area contributed by atoms with Crippen molar-refractivity contribution < 1.29 is 9.21 Å². The quantitative estimate of drug-likeness (QED) is 0.905. The van der Waals surface area contributed by atoms with Gasteiger partial charge < -0.3 is 15.1 Å². The number of benzene rings is 1. The first-order chi connectivity index (χ1) is 9.74. The molecule has 0 spiro atoms. The summed E-state index contributed by atoms with van der Waals surface area (Å²) >= 11 is 3.43. The molecule has 1 amide bonds. The van der Waals surface area contributed by atoms with E-state index in [1.165, 1.54) is 12.8 Å². The number of halogens is 1. The third kappa shape index (κ3) is 2.88. The van der Waals surface area contributed by atoms with E-state index in [2.05, 4.69) is 26.6 Å².